The third kappa shape index (κ3) is 4.29. The molecule has 19 heavy (non-hydrogen) atoms. The molecule has 0 aliphatic carbocycles. The summed E-state index contributed by atoms with van der Waals surface area (Å²) in [4.78, 5) is 3.54. The van der Waals surface area contributed by atoms with Crippen LogP contribution in [0.25, 0.3) is 0 Å². The first-order chi connectivity index (χ1) is 8.98. The predicted octanol–water partition coefficient (Wildman–Crippen LogP) is 1.26. The Bertz CT molecular complexity index is 400. The van der Waals surface area contributed by atoms with E-state index in [1.54, 1.807) is 7.05 Å². The van der Waals surface area contributed by atoms with Gasteiger partial charge in [-0.2, -0.15) is 13.2 Å². The Hall–Kier alpha value is -0.930. The molecule has 5 nitrogen and oxygen atoms in total. The third-order valence-electron chi connectivity index (χ3n) is 3.02. The van der Waals surface area contributed by atoms with Crippen LogP contribution in [0.15, 0.2) is 0 Å². The first kappa shape index (κ1) is 14.5. The number of hydrogen-bond donors (Lipinski definition) is 1. The van der Waals surface area contributed by atoms with E-state index in [-0.39, 0.29) is 0 Å². The summed E-state index contributed by atoms with van der Waals surface area (Å²) in [7, 11) is 1.81. The van der Waals surface area contributed by atoms with Crippen LogP contribution in [0.4, 0.5) is 18.2 Å². The first-order valence-corrected chi connectivity index (χ1v) is 6.76. The molecule has 0 saturated carbocycles. The monoisotopic (exact) mass is 295 g/mol. The first-order valence-electron chi connectivity index (χ1n) is 5.98. The fourth-order valence-electron chi connectivity index (χ4n) is 2.07. The van der Waals surface area contributed by atoms with Crippen molar-refractivity contribution in [2.24, 2.45) is 0 Å². The Labute approximate surface area is 113 Å². The summed E-state index contributed by atoms with van der Waals surface area (Å²) < 4.78 is 40.6. The molecule has 1 fully saturated rings. The van der Waals surface area contributed by atoms with E-state index in [1.165, 1.54) is 16.4 Å². The molecule has 1 saturated heterocycles. The number of rotatable bonds is 4. The molecule has 0 radical (unpaired) electrons. The minimum absolute atomic E-state index is 0.436. The topological polar surface area (TPSA) is 44.3 Å². The van der Waals surface area contributed by atoms with Crippen molar-refractivity contribution >= 4 is 16.5 Å². The van der Waals surface area contributed by atoms with Crippen LogP contribution in [-0.4, -0.2) is 65.3 Å². The quantitative estimate of drug-likeness (QED) is 0.906. The summed E-state index contributed by atoms with van der Waals surface area (Å²) in [5.41, 5.74) is 0.858. The smallest absolute Gasteiger partial charge is 0.377 e. The zero-order valence-electron chi connectivity index (χ0n) is 10.6. The average Bonchev–Trinajstić information content (AvgIpc) is 2.77. The van der Waals surface area contributed by atoms with Crippen LogP contribution in [0.3, 0.4) is 0 Å². The Morgan fingerprint density at radius 3 is 2.42 bits per heavy atom. The summed E-state index contributed by atoms with van der Waals surface area (Å²) in [6.45, 7) is 1.93. The van der Waals surface area contributed by atoms with Gasteiger partial charge in [-0.3, -0.25) is 9.80 Å². The van der Waals surface area contributed by atoms with Gasteiger partial charge >= 0.3 is 6.18 Å². The van der Waals surface area contributed by atoms with Crippen molar-refractivity contribution in [2.75, 3.05) is 45.1 Å². The van der Waals surface area contributed by atoms with Crippen LogP contribution in [0, 0.1) is 0 Å². The van der Waals surface area contributed by atoms with Crippen molar-refractivity contribution in [3.05, 3.63) is 5.69 Å². The lowest BCUT2D eigenvalue weighted by atomic mass is 10.3. The number of aromatic nitrogens is 2. The normalized spacial score (nSPS) is 18.7. The van der Waals surface area contributed by atoms with Crippen LogP contribution in [0.1, 0.15) is 5.69 Å². The summed E-state index contributed by atoms with van der Waals surface area (Å²) in [5.74, 6) is 0. The molecule has 1 N–H and O–H groups in total. The zero-order chi connectivity index (χ0) is 13.9. The molecule has 0 spiro atoms. The lowest BCUT2D eigenvalue weighted by molar-refractivity contribution is -0.149. The molecule has 0 aromatic carbocycles. The maximum atomic E-state index is 12.3. The highest BCUT2D eigenvalue weighted by Crippen LogP contribution is 2.20. The molecular weight excluding hydrogens is 279 g/mol. The van der Waals surface area contributed by atoms with Crippen molar-refractivity contribution in [3.63, 3.8) is 0 Å². The van der Waals surface area contributed by atoms with E-state index in [2.05, 4.69) is 19.8 Å². The SMILES string of the molecule is CNc1snnc1CN1CCN(CC(F)(F)F)CC1. The predicted molar refractivity (Wildman–Crippen MR) is 67.2 cm³/mol. The molecule has 9 heteroatoms. The Balaban J connectivity index is 1.80. The van der Waals surface area contributed by atoms with Crippen LogP contribution in [0.5, 0.6) is 0 Å². The second-order valence-electron chi connectivity index (χ2n) is 4.47. The van der Waals surface area contributed by atoms with Gasteiger partial charge in [0.1, 0.15) is 10.7 Å². The maximum Gasteiger partial charge on any atom is 0.401 e. The summed E-state index contributed by atoms with van der Waals surface area (Å²) in [5, 5.41) is 7.96. The highest BCUT2D eigenvalue weighted by atomic mass is 32.1. The van der Waals surface area contributed by atoms with Gasteiger partial charge in [0.2, 0.25) is 0 Å². The number of halogens is 3. The van der Waals surface area contributed by atoms with Gasteiger partial charge in [-0.05, 0) is 0 Å². The van der Waals surface area contributed by atoms with E-state index in [0.717, 1.165) is 10.7 Å². The molecule has 0 atom stereocenters. The molecule has 108 valence electrons. The molecule has 2 heterocycles. The zero-order valence-corrected chi connectivity index (χ0v) is 11.4. The van der Waals surface area contributed by atoms with Crippen LogP contribution in [0.2, 0.25) is 0 Å². The van der Waals surface area contributed by atoms with Crippen molar-refractivity contribution in [1.82, 2.24) is 19.4 Å². The molecule has 2 rings (SSSR count). The Kier molecular flexibility index (Phi) is 4.58. The molecular formula is C10H16F3N5S. The minimum Gasteiger partial charge on any atom is -0.377 e. The number of nitrogens with zero attached hydrogens (tertiary/aromatic N) is 4. The molecule has 0 unspecified atom stereocenters. The van der Waals surface area contributed by atoms with Crippen LogP contribution < -0.4 is 5.32 Å². The Morgan fingerprint density at radius 2 is 1.84 bits per heavy atom. The highest BCUT2D eigenvalue weighted by Gasteiger charge is 2.32. The van der Waals surface area contributed by atoms with Gasteiger partial charge in [0.15, 0.2) is 0 Å². The van der Waals surface area contributed by atoms with E-state index in [1.807, 2.05) is 0 Å². The van der Waals surface area contributed by atoms with E-state index in [4.69, 9.17) is 0 Å². The largest absolute Gasteiger partial charge is 0.401 e. The van der Waals surface area contributed by atoms with E-state index in [0.29, 0.717) is 32.7 Å². The van der Waals surface area contributed by atoms with Gasteiger partial charge in [-0.1, -0.05) is 4.49 Å². The maximum absolute atomic E-state index is 12.3. The van der Waals surface area contributed by atoms with Gasteiger partial charge in [0.25, 0.3) is 0 Å². The number of anilines is 1. The number of nitrogens with one attached hydrogen (secondary N) is 1. The van der Waals surface area contributed by atoms with Gasteiger partial charge in [-0.15, -0.1) is 5.10 Å². The molecule has 1 aliphatic rings. The van der Waals surface area contributed by atoms with Crippen LogP contribution >= 0.6 is 11.5 Å². The molecule has 0 amide bonds. The van der Waals surface area contributed by atoms with Gasteiger partial charge < -0.3 is 5.32 Å². The number of hydrogen-bond acceptors (Lipinski definition) is 6. The van der Waals surface area contributed by atoms with Gasteiger partial charge in [-0.25, -0.2) is 0 Å². The standard InChI is InChI=1S/C10H16F3N5S/c1-14-9-8(15-16-19-9)6-17-2-4-18(5-3-17)7-10(11,12)13/h14H,2-7H2,1H3. The lowest BCUT2D eigenvalue weighted by Gasteiger charge is -2.34. The van der Waals surface area contributed by atoms with E-state index in [9.17, 15) is 13.2 Å². The second kappa shape index (κ2) is 6.02. The van der Waals surface area contributed by atoms with E-state index >= 15 is 0 Å². The third-order valence-corrected chi connectivity index (χ3v) is 3.81. The molecule has 1 aromatic rings. The lowest BCUT2D eigenvalue weighted by Crippen LogP contribution is -2.48. The van der Waals surface area contributed by atoms with Crippen molar-refractivity contribution in [2.45, 2.75) is 12.7 Å². The fraction of sp³-hybridized carbons (Fsp3) is 0.800. The summed E-state index contributed by atoms with van der Waals surface area (Å²) in [6, 6.07) is 0. The fourth-order valence-corrected chi connectivity index (χ4v) is 2.60. The van der Waals surface area contributed by atoms with Crippen molar-refractivity contribution in [1.29, 1.82) is 0 Å². The molecule has 1 aromatic heterocycles. The molecule has 1 aliphatic heterocycles. The summed E-state index contributed by atoms with van der Waals surface area (Å²) >= 11 is 1.29. The van der Waals surface area contributed by atoms with Crippen molar-refractivity contribution < 1.29 is 13.2 Å². The molecule has 0 bridgehead atoms. The van der Waals surface area contributed by atoms with E-state index < -0.39 is 12.7 Å². The number of alkyl halides is 3. The summed E-state index contributed by atoms with van der Waals surface area (Å²) in [6.07, 6.45) is -4.11. The van der Waals surface area contributed by atoms with Gasteiger partial charge in [0.05, 0.1) is 6.54 Å². The number of piperazine rings is 1. The minimum atomic E-state index is -4.11. The van der Waals surface area contributed by atoms with Crippen molar-refractivity contribution in [3.8, 4) is 0 Å². The highest BCUT2D eigenvalue weighted by molar-refractivity contribution is 7.10. The second-order valence-corrected chi connectivity index (χ2v) is 5.22. The van der Waals surface area contributed by atoms with Gasteiger partial charge in [0, 0.05) is 51.3 Å². The Morgan fingerprint density at radius 1 is 1.21 bits per heavy atom. The van der Waals surface area contributed by atoms with Crippen LogP contribution in [-0.2, 0) is 6.54 Å². The average molecular weight is 295 g/mol.